The topological polar surface area (TPSA) is 98.7 Å². The quantitative estimate of drug-likeness (QED) is 0.582. The first-order valence-electron chi connectivity index (χ1n) is 11.4. The van der Waals surface area contributed by atoms with Crippen LogP contribution in [0.1, 0.15) is 63.0 Å². The molecule has 3 N–H and O–H groups in total. The van der Waals surface area contributed by atoms with Gasteiger partial charge in [0.25, 0.3) is 0 Å². The molecule has 0 radical (unpaired) electrons. The predicted octanol–water partition coefficient (Wildman–Crippen LogP) is 1.53. The van der Waals surface area contributed by atoms with Crippen molar-refractivity contribution in [3.63, 3.8) is 0 Å². The van der Waals surface area contributed by atoms with E-state index in [-0.39, 0.29) is 23.5 Å². The molecule has 31 heavy (non-hydrogen) atoms. The molecular weight excluding hydrogens is 394 g/mol. The third-order valence-corrected chi connectivity index (χ3v) is 6.72. The van der Waals surface area contributed by atoms with E-state index in [9.17, 15) is 19.5 Å². The molecule has 1 heterocycles. The minimum atomic E-state index is -1.06. The van der Waals surface area contributed by atoms with E-state index >= 15 is 0 Å². The van der Waals surface area contributed by atoms with Gasteiger partial charge in [0.05, 0.1) is 18.2 Å². The van der Waals surface area contributed by atoms with Gasteiger partial charge in [-0.1, -0.05) is 24.3 Å². The van der Waals surface area contributed by atoms with E-state index < -0.39 is 24.2 Å². The monoisotopic (exact) mass is 429 g/mol. The zero-order chi connectivity index (χ0) is 22.5. The van der Waals surface area contributed by atoms with Gasteiger partial charge in [-0.2, -0.15) is 0 Å². The van der Waals surface area contributed by atoms with Crippen LogP contribution < -0.4 is 10.6 Å². The van der Waals surface area contributed by atoms with Gasteiger partial charge in [-0.3, -0.25) is 14.4 Å². The summed E-state index contributed by atoms with van der Waals surface area (Å²) < 4.78 is 0. The molecule has 0 spiro atoms. The molecule has 0 unspecified atom stereocenters. The Balaban J connectivity index is 1.70. The highest BCUT2D eigenvalue weighted by Gasteiger charge is 2.40. The number of aliphatic hydroxyl groups is 1. The normalized spacial score (nSPS) is 23.5. The Kier molecular flexibility index (Phi) is 7.84. The van der Waals surface area contributed by atoms with Crippen molar-refractivity contribution >= 4 is 17.6 Å². The van der Waals surface area contributed by atoms with Crippen molar-refractivity contribution in [1.82, 2.24) is 15.5 Å². The van der Waals surface area contributed by atoms with Crippen LogP contribution in [0.3, 0.4) is 0 Å². The number of ketones is 1. The Morgan fingerprint density at radius 1 is 1.16 bits per heavy atom. The summed E-state index contributed by atoms with van der Waals surface area (Å²) in [4.78, 5) is 40.3. The molecule has 170 valence electrons. The summed E-state index contributed by atoms with van der Waals surface area (Å²) in [7, 11) is 1.65. The third-order valence-electron chi connectivity index (χ3n) is 6.72. The number of likely N-dealkylation sites (N-methyl/N-ethyl adjacent to an activating group) is 1. The molecule has 5 atom stereocenters. The second-order valence-electron chi connectivity index (χ2n) is 8.89. The van der Waals surface area contributed by atoms with E-state index in [2.05, 4.69) is 22.8 Å². The average Bonchev–Trinajstić information content (AvgIpc) is 3.26. The fourth-order valence-electron chi connectivity index (χ4n) is 4.79. The lowest BCUT2D eigenvalue weighted by molar-refractivity contribution is -0.143. The molecule has 7 nitrogen and oxygen atoms in total. The van der Waals surface area contributed by atoms with Crippen LogP contribution in [0.25, 0.3) is 0 Å². The zero-order valence-corrected chi connectivity index (χ0v) is 18.8. The number of carbonyl (C=O) groups excluding carboxylic acids is 3. The van der Waals surface area contributed by atoms with Gasteiger partial charge in [0.1, 0.15) is 6.04 Å². The van der Waals surface area contributed by atoms with Crippen molar-refractivity contribution in [3.8, 4) is 0 Å². The number of aryl methyl sites for hydroxylation is 1. The lowest BCUT2D eigenvalue weighted by Gasteiger charge is -2.32. The van der Waals surface area contributed by atoms with Crippen molar-refractivity contribution < 1.29 is 19.5 Å². The second-order valence-corrected chi connectivity index (χ2v) is 8.89. The fraction of sp³-hybridized carbons (Fsp3) is 0.625. The van der Waals surface area contributed by atoms with Crippen LogP contribution in [0.15, 0.2) is 24.3 Å². The van der Waals surface area contributed by atoms with Crippen LogP contribution in [0.2, 0.25) is 0 Å². The minimum Gasteiger partial charge on any atom is -0.391 e. The van der Waals surface area contributed by atoms with Crippen LogP contribution >= 0.6 is 0 Å². The van der Waals surface area contributed by atoms with Crippen LogP contribution in [-0.2, 0) is 20.8 Å². The summed E-state index contributed by atoms with van der Waals surface area (Å²) in [6, 6.07) is 6.28. The number of Topliss-reactive ketones (excluding diaryl/α,β-unsaturated/α-hetero) is 1. The molecule has 1 saturated heterocycles. The Bertz CT molecular complexity index is 810. The fourth-order valence-corrected chi connectivity index (χ4v) is 4.79. The molecule has 3 rings (SSSR count). The molecule has 2 aliphatic rings. The van der Waals surface area contributed by atoms with Crippen molar-refractivity contribution in [3.05, 3.63) is 35.4 Å². The van der Waals surface area contributed by atoms with Crippen LogP contribution in [0, 0.1) is 0 Å². The Hall–Kier alpha value is -2.25. The molecule has 1 aliphatic heterocycles. The predicted molar refractivity (Wildman–Crippen MR) is 119 cm³/mol. The van der Waals surface area contributed by atoms with Crippen molar-refractivity contribution in [2.24, 2.45) is 0 Å². The summed E-state index contributed by atoms with van der Waals surface area (Å²) in [5.41, 5.74) is 2.58. The number of benzene rings is 1. The highest BCUT2D eigenvalue weighted by molar-refractivity contribution is 5.94. The molecule has 0 saturated carbocycles. The number of carbonyl (C=O) groups is 3. The van der Waals surface area contributed by atoms with E-state index in [0.717, 1.165) is 25.7 Å². The molecule has 1 aliphatic carbocycles. The summed E-state index contributed by atoms with van der Waals surface area (Å²) in [6.45, 7) is 3.64. The van der Waals surface area contributed by atoms with Crippen molar-refractivity contribution in [2.75, 3.05) is 13.6 Å². The first kappa shape index (κ1) is 23.4. The smallest absolute Gasteiger partial charge is 0.248 e. The van der Waals surface area contributed by atoms with Gasteiger partial charge in [0.15, 0.2) is 5.78 Å². The van der Waals surface area contributed by atoms with Gasteiger partial charge in [0.2, 0.25) is 11.8 Å². The van der Waals surface area contributed by atoms with Gasteiger partial charge in [-0.05, 0) is 70.0 Å². The molecule has 1 aromatic carbocycles. The first-order chi connectivity index (χ1) is 14.8. The SMILES string of the molecule is CN[C@@H](C)C(=O)N[C@H](C(=O)N1CCC[C@H]1C(=O)C[C@@H]1CCCc2ccccc21)[C@@H](C)O. The Morgan fingerprint density at radius 3 is 2.61 bits per heavy atom. The molecule has 1 aromatic rings. The number of fused-ring (bicyclic) bond motifs is 1. The Morgan fingerprint density at radius 2 is 1.90 bits per heavy atom. The highest BCUT2D eigenvalue weighted by Crippen LogP contribution is 2.35. The van der Waals surface area contributed by atoms with E-state index in [1.165, 1.54) is 18.1 Å². The summed E-state index contributed by atoms with van der Waals surface area (Å²) >= 11 is 0. The lowest BCUT2D eigenvalue weighted by Crippen LogP contribution is -2.58. The summed E-state index contributed by atoms with van der Waals surface area (Å²) in [6.07, 6.45) is 3.86. The maximum absolute atomic E-state index is 13.3. The summed E-state index contributed by atoms with van der Waals surface area (Å²) in [5.74, 6) is -0.472. The Labute approximate surface area is 184 Å². The average molecular weight is 430 g/mol. The third kappa shape index (κ3) is 5.33. The number of aliphatic hydroxyl groups excluding tert-OH is 1. The number of nitrogens with zero attached hydrogens (tertiary/aromatic N) is 1. The van der Waals surface area contributed by atoms with Crippen LogP contribution in [0.4, 0.5) is 0 Å². The summed E-state index contributed by atoms with van der Waals surface area (Å²) in [5, 5.41) is 15.6. The van der Waals surface area contributed by atoms with Crippen LogP contribution in [0.5, 0.6) is 0 Å². The standard InChI is InChI=1S/C24H35N3O4/c1-15(25-3)23(30)26-22(16(2)28)24(31)27-13-7-12-20(27)21(29)14-18-10-6-9-17-8-4-5-11-19(17)18/h4-5,8,11,15-16,18,20,22,25,28H,6-7,9-10,12-14H2,1-3H3,(H,26,30)/t15-,16+,18-,20-,22-/m0/s1. The van der Waals surface area contributed by atoms with Crippen molar-refractivity contribution in [1.29, 1.82) is 0 Å². The number of amides is 2. The lowest BCUT2D eigenvalue weighted by atomic mass is 9.79. The molecule has 0 bridgehead atoms. The zero-order valence-electron chi connectivity index (χ0n) is 18.8. The van der Waals surface area contributed by atoms with Gasteiger partial charge in [-0.25, -0.2) is 0 Å². The maximum atomic E-state index is 13.3. The number of likely N-dealkylation sites (tertiary alicyclic amines) is 1. The van der Waals surface area contributed by atoms with Crippen LogP contribution in [-0.4, -0.2) is 65.4 Å². The molecule has 0 aromatic heterocycles. The minimum absolute atomic E-state index is 0.0758. The van der Waals surface area contributed by atoms with E-state index in [1.54, 1.807) is 18.9 Å². The van der Waals surface area contributed by atoms with E-state index in [1.807, 2.05) is 12.1 Å². The van der Waals surface area contributed by atoms with E-state index in [4.69, 9.17) is 0 Å². The van der Waals surface area contributed by atoms with Gasteiger partial charge in [0, 0.05) is 13.0 Å². The molecule has 2 amide bonds. The number of nitrogens with one attached hydrogen (secondary N) is 2. The van der Waals surface area contributed by atoms with E-state index in [0.29, 0.717) is 19.4 Å². The van der Waals surface area contributed by atoms with Gasteiger partial charge < -0.3 is 20.6 Å². The molecule has 1 fully saturated rings. The number of hydrogen-bond acceptors (Lipinski definition) is 5. The largest absolute Gasteiger partial charge is 0.391 e. The van der Waals surface area contributed by atoms with Gasteiger partial charge >= 0.3 is 0 Å². The number of hydrogen-bond donors (Lipinski definition) is 3. The molecule has 7 heteroatoms. The van der Waals surface area contributed by atoms with Gasteiger partial charge in [-0.15, -0.1) is 0 Å². The maximum Gasteiger partial charge on any atom is 0.248 e. The first-order valence-corrected chi connectivity index (χ1v) is 11.4. The highest BCUT2D eigenvalue weighted by atomic mass is 16.3. The number of rotatable bonds is 8. The van der Waals surface area contributed by atoms with Crippen molar-refractivity contribution in [2.45, 2.75) is 82.5 Å². The molecular formula is C24H35N3O4. The second kappa shape index (κ2) is 10.4.